The van der Waals surface area contributed by atoms with Crippen molar-refractivity contribution in [2.75, 3.05) is 0 Å². The molecule has 1 amide bonds. The van der Waals surface area contributed by atoms with Gasteiger partial charge < -0.3 is 9.90 Å². The zero-order chi connectivity index (χ0) is 4.99. The normalized spacial score (nSPS) is 6.00. The van der Waals surface area contributed by atoms with Crippen LogP contribution in [0.25, 0.3) is 10.4 Å². The zero-order valence-electron chi connectivity index (χ0n) is 2.66. The predicted octanol–water partition coefficient (Wildman–Crippen LogP) is -0.360. The molecule has 0 aliphatic carbocycles. The monoisotopic (exact) mass is 86.0 g/mol. The van der Waals surface area contributed by atoms with E-state index < -0.39 is 6.09 Å². The van der Waals surface area contributed by atoms with Gasteiger partial charge in [-0.3, -0.25) is 0 Å². The number of azide groups is 1. The summed E-state index contributed by atoms with van der Waals surface area (Å²) in [6, 6.07) is 0. The predicted molar refractivity (Wildman–Crippen MR) is 14.5 cm³/mol. The third-order valence-corrected chi connectivity index (χ3v) is 0.126. The Morgan fingerprint density at radius 3 is 2.50 bits per heavy atom. The molecule has 0 rings (SSSR count). The summed E-state index contributed by atoms with van der Waals surface area (Å²) in [5.41, 5.74) is 7.27. The van der Waals surface area contributed by atoms with Crippen molar-refractivity contribution in [3.8, 4) is 0 Å². The van der Waals surface area contributed by atoms with Crippen molar-refractivity contribution in [2.24, 2.45) is 5.11 Å². The van der Waals surface area contributed by atoms with Gasteiger partial charge in [0.05, 0.1) is 0 Å². The molecule has 0 bridgehead atoms. The van der Waals surface area contributed by atoms with Gasteiger partial charge in [-0.1, -0.05) is 0 Å². The van der Waals surface area contributed by atoms with E-state index in [1.165, 1.54) is 0 Å². The second-order valence-corrected chi connectivity index (χ2v) is 0.455. The molecule has 0 unspecified atom stereocenters. The maximum absolute atomic E-state index is 9.07. The first kappa shape index (κ1) is 4.78. The molecule has 0 aliphatic heterocycles. The number of hydrogen-bond acceptors (Lipinski definition) is 2. The van der Waals surface area contributed by atoms with Crippen molar-refractivity contribution in [2.45, 2.75) is 0 Å². The molecule has 0 aromatic rings. The lowest BCUT2D eigenvalue weighted by Crippen LogP contribution is -2.15. The van der Waals surface area contributed by atoms with Gasteiger partial charge in [-0.05, 0) is 10.6 Å². The van der Waals surface area contributed by atoms with E-state index in [-0.39, 0.29) is 0 Å². The maximum atomic E-state index is 9.07. The lowest BCUT2D eigenvalue weighted by molar-refractivity contribution is -0.245. The second-order valence-electron chi connectivity index (χ2n) is 0.455. The molecule has 0 N–H and O–H groups in total. The average molecular weight is 86.0 g/mol. The van der Waals surface area contributed by atoms with Crippen LogP contribution in [-0.2, 0) is 0 Å². The van der Waals surface area contributed by atoms with Crippen molar-refractivity contribution in [3.63, 3.8) is 0 Å². The third-order valence-electron chi connectivity index (χ3n) is 0.126. The minimum absolute atomic E-state index is 1.75. The highest BCUT2D eigenvalue weighted by Gasteiger charge is 1.61. The number of carbonyl (C=O) groups is 1. The molecule has 32 valence electrons. The van der Waals surface area contributed by atoms with Gasteiger partial charge in [0.25, 0.3) is 0 Å². The van der Waals surface area contributed by atoms with Gasteiger partial charge in [0.15, 0.2) is 0 Å². The fourth-order valence-electron chi connectivity index (χ4n) is 0.0365. The van der Waals surface area contributed by atoms with Crippen molar-refractivity contribution >= 4 is 6.09 Å². The topological polar surface area (TPSA) is 88.9 Å². The van der Waals surface area contributed by atoms with Crippen LogP contribution in [0, 0.1) is 0 Å². The smallest absolute Gasteiger partial charge is 0.128 e. The second kappa shape index (κ2) is 2.04. The molecular formula is CN3O2-. The van der Waals surface area contributed by atoms with Gasteiger partial charge in [0.1, 0.15) is 6.09 Å². The van der Waals surface area contributed by atoms with E-state index in [1.54, 1.807) is 0 Å². The van der Waals surface area contributed by atoms with E-state index in [0.717, 1.165) is 0 Å². The van der Waals surface area contributed by atoms with E-state index in [4.69, 9.17) is 15.4 Å². The first-order chi connectivity index (χ1) is 2.77. The fourth-order valence-corrected chi connectivity index (χ4v) is 0.0365. The molecule has 5 heteroatoms. The zero-order valence-corrected chi connectivity index (χ0v) is 2.66. The number of nitrogens with zero attached hydrogens (tertiary/aromatic N) is 3. The average Bonchev–Trinajstić information content (AvgIpc) is 1.35. The van der Waals surface area contributed by atoms with E-state index in [9.17, 15) is 0 Å². The molecular weight excluding hydrogens is 86.0 g/mol. The highest BCUT2D eigenvalue weighted by molar-refractivity contribution is 5.62. The van der Waals surface area contributed by atoms with E-state index >= 15 is 0 Å². The number of hydrogen-bond donors (Lipinski definition) is 0. The van der Waals surface area contributed by atoms with Crippen LogP contribution in [-0.4, -0.2) is 6.09 Å². The largest absolute Gasteiger partial charge is 0.544 e. The minimum Gasteiger partial charge on any atom is -0.544 e. The molecule has 0 heterocycles. The first-order valence-corrected chi connectivity index (χ1v) is 1.03. The Labute approximate surface area is 32.8 Å². The summed E-state index contributed by atoms with van der Waals surface area (Å²) in [6.07, 6.45) is -1.75. The standard InChI is InChI=1S/CHN3O2/c2-4-3-1(5)6/h(H,5,6)/p-1. The molecule has 0 spiro atoms. The van der Waals surface area contributed by atoms with Crippen LogP contribution in [0.1, 0.15) is 0 Å². The Morgan fingerprint density at radius 1 is 2.00 bits per heavy atom. The van der Waals surface area contributed by atoms with Gasteiger partial charge >= 0.3 is 0 Å². The van der Waals surface area contributed by atoms with Crippen molar-refractivity contribution in [3.05, 3.63) is 10.4 Å². The Bertz CT molecular complexity index is 101. The van der Waals surface area contributed by atoms with E-state index in [1.807, 2.05) is 4.91 Å². The van der Waals surface area contributed by atoms with Gasteiger partial charge in [-0.25, -0.2) is 0 Å². The van der Waals surface area contributed by atoms with Gasteiger partial charge in [-0.15, -0.1) is 0 Å². The van der Waals surface area contributed by atoms with Gasteiger partial charge in [-0.2, -0.15) is 0 Å². The number of amides is 1. The first-order valence-electron chi connectivity index (χ1n) is 1.03. The molecule has 0 saturated heterocycles. The van der Waals surface area contributed by atoms with Crippen LogP contribution in [0.2, 0.25) is 0 Å². The summed E-state index contributed by atoms with van der Waals surface area (Å²) in [4.78, 5) is 11.0. The van der Waals surface area contributed by atoms with Gasteiger partial charge in [0.2, 0.25) is 0 Å². The quantitative estimate of drug-likeness (QED) is 0.229. The molecule has 0 saturated carbocycles. The van der Waals surface area contributed by atoms with E-state index in [2.05, 4.69) is 5.11 Å². The van der Waals surface area contributed by atoms with Crippen LogP contribution < -0.4 is 5.11 Å². The number of rotatable bonds is 0. The fraction of sp³-hybridized carbons (Fsp3) is 0. The molecule has 0 aliphatic rings. The Kier molecular flexibility index (Phi) is 1.63. The molecule has 5 nitrogen and oxygen atoms in total. The Hall–Kier alpha value is -1.22. The molecule has 0 radical (unpaired) electrons. The van der Waals surface area contributed by atoms with Crippen LogP contribution in [0.5, 0.6) is 0 Å². The Balaban J connectivity index is 3.60. The minimum atomic E-state index is -1.75. The molecule has 0 fully saturated rings. The summed E-state index contributed by atoms with van der Waals surface area (Å²) >= 11 is 0. The Morgan fingerprint density at radius 2 is 2.50 bits per heavy atom. The lowest BCUT2D eigenvalue weighted by atomic mass is 11.3. The van der Waals surface area contributed by atoms with Crippen LogP contribution in [0.15, 0.2) is 5.11 Å². The van der Waals surface area contributed by atoms with E-state index in [0.29, 0.717) is 0 Å². The summed E-state index contributed by atoms with van der Waals surface area (Å²) in [5, 5.41) is 11.2. The SMILES string of the molecule is [N-]=[N+]=NC(=O)[O-]. The number of carboxylic acid groups (broad SMARTS) is 1. The van der Waals surface area contributed by atoms with Crippen LogP contribution in [0.4, 0.5) is 4.79 Å². The number of carbonyl (C=O) groups excluding carboxylic acids is 1. The van der Waals surface area contributed by atoms with Gasteiger partial charge in [0, 0.05) is 4.91 Å². The molecule has 6 heavy (non-hydrogen) atoms. The summed E-state index contributed by atoms with van der Waals surface area (Å²) in [7, 11) is 0. The van der Waals surface area contributed by atoms with Crippen LogP contribution >= 0.6 is 0 Å². The highest BCUT2D eigenvalue weighted by Crippen LogP contribution is 1.62. The van der Waals surface area contributed by atoms with Crippen LogP contribution in [0.3, 0.4) is 0 Å². The summed E-state index contributed by atoms with van der Waals surface area (Å²) < 4.78 is 0. The highest BCUT2D eigenvalue weighted by atomic mass is 16.4. The van der Waals surface area contributed by atoms with Crippen molar-refractivity contribution in [1.29, 1.82) is 0 Å². The molecule has 0 atom stereocenters. The lowest BCUT2D eigenvalue weighted by Gasteiger charge is -1.79. The third kappa shape index (κ3) is 2.78. The summed E-state index contributed by atoms with van der Waals surface area (Å²) in [5.74, 6) is 0. The van der Waals surface area contributed by atoms with Crippen molar-refractivity contribution in [1.82, 2.24) is 0 Å². The summed E-state index contributed by atoms with van der Waals surface area (Å²) in [6.45, 7) is 0. The molecule has 0 aromatic carbocycles. The molecule has 0 aromatic heterocycles. The maximum Gasteiger partial charge on any atom is 0.128 e. The van der Waals surface area contributed by atoms with Crippen molar-refractivity contribution < 1.29 is 9.90 Å².